The Balaban J connectivity index is 1.95. The Kier molecular flexibility index (Phi) is 2.77. The molecule has 4 bridgehead atoms. The van der Waals surface area contributed by atoms with Gasteiger partial charge in [-0.1, -0.05) is 0 Å². The fourth-order valence-corrected chi connectivity index (χ4v) is 5.48. The molecule has 0 aromatic heterocycles. The molecule has 98 valence electrons. The van der Waals surface area contributed by atoms with Crippen molar-refractivity contribution in [2.24, 2.45) is 28.9 Å². The second kappa shape index (κ2) is 3.94. The second-order valence-electron chi connectivity index (χ2n) is 6.56. The number of nitrogens with two attached hydrogens (primary N) is 1. The zero-order valence-electron chi connectivity index (χ0n) is 11.1. The summed E-state index contributed by atoms with van der Waals surface area (Å²) in [5, 5.41) is 0. The maximum absolute atomic E-state index is 6.00. The molecule has 0 heterocycles. The minimum Gasteiger partial charge on any atom is -0.351 e. The highest BCUT2D eigenvalue weighted by atomic mass is 16.7. The van der Waals surface area contributed by atoms with E-state index in [0.717, 1.165) is 17.8 Å². The van der Waals surface area contributed by atoms with Crippen LogP contribution < -0.4 is 5.73 Å². The van der Waals surface area contributed by atoms with E-state index in [0.29, 0.717) is 6.54 Å². The first kappa shape index (κ1) is 11.9. The van der Waals surface area contributed by atoms with Crippen molar-refractivity contribution in [1.29, 1.82) is 0 Å². The van der Waals surface area contributed by atoms with E-state index in [1.807, 2.05) is 0 Å². The Bertz CT molecular complexity index is 255. The van der Waals surface area contributed by atoms with E-state index in [2.05, 4.69) is 0 Å². The van der Waals surface area contributed by atoms with Crippen LogP contribution in [0.3, 0.4) is 0 Å². The molecule has 0 unspecified atom stereocenters. The van der Waals surface area contributed by atoms with E-state index < -0.39 is 5.79 Å². The highest BCUT2D eigenvalue weighted by molar-refractivity contribution is 5.08. The van der Waals surface area contributed by atoms with Crippen LogP contribution in [0.5, 0.6) is 0 Å². The van der Waals surface area contributed by atoms with Crippen molar-refractivity contribution in [2.75, 3.05) is 20.8 Å². The van der Waals surface area contributed by atoms with Crippen LogP contribution in [0, 0.1) is 23.2 Å². The summed E-state index contributed by atoms with van der Waals surface area (Å²) < 4.78 is 11.5. The van der Waals surface area contributed by atoms with Gasteiger partial charge in [0.25, 0.3) is 0 Å². The Morgan fingerprint density at radius 1 is 1.00 bits per heavy atom. The molecule has 4 aliphatic rings. The van der Waals surface area contributed by atoms with Crippen molar-refractivity contribution in [3.05, 3.63) is 0 Å². The van der Waals surface area contributed by atoms with Crippen molar-refractivity contribution in [2.45, 2.75) is 44.3 Å². The molecule has 4 aliphatic carbocycles. The number of hydrogen-bond acceptors (Lipinski definition) is 3. The smallest absolute Gasteiger partial charge is 0.185 e. The molecule has 3 heteroatoms. The van der Waals surface area contributed by atoms with Crippen LogP contribution in [-0.4, -0.2) is 26.6 Å². The summed E-state index contributed by atoms with van der Waals surface area (Å²) in [5.74, 6) is 2.16. The SMILES string of the molecule is COC(CN)(OC)C12CC3CC(CC(C3)C1)C2. The largest absolute Gasteiger partial charge is 0.351 e. The molecule has 0 aromatic rings. The van der Waals surface area contributed by atoms with Gasteiger partial charge >= 0.3 is 0 Å². The van der Waals surface area contributed by atoms with Gasteiger partial charge in [-0.2, -0.15) is 0 Å². The topological polar surface area (TPSA) is 44.5 Å². The standard InChI is InChI=1S/C14H25NO2/c1-16-14(9-15,17-2)13-6-10-3-11(7-13)5-12(4-10)8-13/h10-12H,3-9,15H2,1-2H3. The van der Waals surface area contributed by atoms with Gasteiger partial charge in [-0.15, -0.1) is 0 Å². The quantitative estimate of drug-likeness (QED) is 0.765. The maximum atomic E-state index is 6.00. The molecule has 0 amide bonds. The Hall–Kier alpha value is -0.120. The maximum Gasteiger partial charge on any atom is 0.185 e. The molecule has 3 nitrogen and oxygen atoms in total. The number of ether oxygens (including phenoxy) is 2. The minimum absolute atomic E-state index is 0.194. The molecule has 0 spiro atoms. The van der Waals surface area contributed by atoms with E-state index in [1.54, 1.807) is 14.2 Å². The molecule has 0 aromatic carbocycles. The van der Waals surface area contributed by atoms with Crippen molar-refractivity contribution in [3.8, 4) is 0 Å². The molecule has 2 N–H and O–H groups in total. The van der Waals surface area contributed by atoms with E-state index in [1.165, 1.54) is 38.5 Å². The van der Waals surface area contributed by atoms with E-state index in [-0.39, 0.29) is 5.41 Å². The van der Waals surface area contributed by atoms with Gasteiger partial charge in [-0.05, 0) is 56.3 Å². The highest BCUT2D eigenvalue weighted by Crippen LogP contribution is 2.64. The fraction of sp³-hybridized carbons (Fsp3) is 1.00. The first-order chi connectivity index (χ1) is 8.17. The van der Waals surface area contributed by atoms with Crippen LogP contribution in [0.25, 0.3) is 0 Å². The molecule has 4 rings (SSSR count). The summed E-state index contributed by atoms with van der Waals surface area (Å²) in [6, 6.07) is 0. The Morgan fingerprint density at radius 3 is 1.71 bits per heavy atom. The molecule has 0 saturated heterocycles. The number of hydrogen-bond donors (Lipinski definition) is 1. The van der Waals surface area contributed by atoms with Crippen molar-refractivity contribution < 1.29 is 9.47 Å². The van der Waals surface area contributed by atoms with Gasteiger partial charge < -0.3 is 15.2 Å². The van der Waals surface area contributed by atoms with E-state index in [4.69, 9.17) is 15.2 Å². The lowest BCUT2D eigenvalue weighted by molar-refractivity contribution is -0.305. The van der Waals surface area contributed by atoms with Gasteiger partial charge in [0.1, 0.15) is 0 Å². The number of methoxy groups -OCH3 is 2. The van der Waals surface area contributed by atoms with E-state index >= 15 is 0 Å². The summed E-state index contributed by atoms with van der Waals surface area (Å²) in [5.41, 5.74) is 6.19. The van der Waals surface area contributed by atoms with Crippen LogP contribution in [0.4, 0.5) is 0 Å². The van der Waals surface area contributed by atoms with Crippen molar-refractivity contribution >= 4 is 0 Å². The van der Waals surface area contributed by atoms with Crippen LogP contribution in [0.15, 0.2) is 0 Å². The van der Waals surface area contributed by atoms with Crippen LogP contribution in [0.2, 0.25) is 0 Å². The fourth-order valence-electron chi connectivity index (χ4n) is 5.48. The van der Waals surface area contributed by atoms with Crippen LogP contribution in [0.1, 0.15) is 38.5 Å². The summed E-state index contributed by atoms with van der Waals surface area (Å²) >= 11 is 0. The van der Waals surface area contributed by atoms with Gasteiger partial charge in [0, 0.05) is 26.2 Å². The third kappa shape index (κ3) is 1.52. The Labute approximate surface area is 104 Å². The van der Waals surface area contributed by atoms with Gasteiger partial charge in [-0.25, -0.2) is 0 Å². The number of rotatable bonds is 4. The zero-order chi connectivity index (χ0) is 12.1. The second-order valence-corrected chi connectivity index (χ2v) is 6.56. The first-order valence-corrected chi connectivity index (χ1v) is 6.97. The average molecular weight is 239 g/mol. The van der Waals surface area contributed by atoms with Gasteiger partial charge in [0.15, 0.2) is 5.79 Å². The zero-order valence-corrected chi connectivity index (χ0v) is 11.1. The third-order valence-electron chi connectivity index (χ3n) is 5.77. The summed E-state index contributed by atoms with van der Waals surface area (Å²) in [6.07, 6.45) is 8.10. The minimum atomic E-state index is -0.539. The van der Waals surface area contributed by atoms with Gasteiger partial charge in [-0.3, -0.25) is 0 Å². The van der Waals surface area contributed by atoms with Crippen molar-refractivity contribution in [3.63, 3.8) is 0 Å². The Morgan fingerprint density at radius 2 is 1.41 bits per heavy atom. The normalized spacial score (nSPS) is 44.3. The third-order valence-corrected chi connectivity index (χ3v) is 5.77. The van der Waals surface area contributed by atoms with E-state index in [9.17, 15) is 0 Å². The lowest BCUT2D eigenvalue weighted by Crippen LogP contribution is -2.63. The molecule has 0 aliphatic heterocycles. The van der Waals surface area contributed by atoms with Crippen LogP contribution >= 0.6 is 0 Å². The average Bonchev–Trinajstić information content (AvgIpc) is 2.29. The summed E-state index contributed by atoms with van der Waals surface area (Å²) in [4.78, 5) is 0. The lowest BCUT2D eigenvalue weighted by Gasteiger charge is -2.62. The highest BCUT2D eigenvalue weighted by Gasteiger charge is 2.61. The van der Waals surface area contributed by atoms with Gasteiger partial charge in [0.05, 0.1) is 0 Å². The molecule has 4 saturated carbocycles. The van der Waals surface area contributed by atoms with Crippen molar-refractivity contribution in [1.82, 2.24) is 0 Å². The summed E-state index contributed by atoms with van der Waals surface area (Å²) in [6.45, 7) is 0.478. The van der Waals surface area contributed by atoms with Crippen LogP contribution in [-0.2, 0) is 9.47 Å². The molecule has 17 heavy (non-hydrogen) atoms. The summed E-state index contributed by atoms with van der Waals surface area (Å²) in [7, 11) is 3.52. The lowest BCUT2D eigenvalue weighted by atomic mass is 9.47. The molecule has 4 fully saturated rings. The molecule has 0 atom stereocenters. The monoisotopic (exact) mass is 239 g/mol. The van der Waals surface area contributed by atoms with Gasteiger partial charge in [0.2, 0.25) is 0 Å². The predicted octanol–water partition coefficient (Wildman–Crippen LogP) is 2.15. The molecule has 0 radical (unpaired) electrons. The molecular weight excluding hydrogens is 214 g/mol. The molecular formula is C14H25NO2. The first-order valence-electron chi connectivity index (χ1n) is 6.97. The predicted molar refractivity (Wildman–Crippen MR) is 66.4 cm³/mol.